The summed E-state index contributed by atoms with van der Waals surface area (Å²) in [6.07, 6.45) is 9.05. The highest BCUT2D eigenvalue weighted by molar-refractivity contribution is 5.90. The second kappa shape index (κ2) is 11.8. The maximum absolute atomic E-state index is 12.4. The maximum Gasteiger partial charge on any atom is 0.344 e. The standard InChI is InChI=1S/C27H30N2O3/c1-4-6-7-8-21-9-11-23(12-10-21)27(30)32-26-18-28-25(17-29-26)22-13-15-24(16-14-22)31-19-20(3)5-2/h4,9-18,20H,1,5-8,19H2,2-3H3. The van der Waals surface area contributed by atoms with E-state index < -0.39 is 5.97 Å². The Kier molecular flexibility index (Phi) is 8.55. The molecule has 5 nitrogen and oxygen atoms in total. The summed E-state index contributed by atoms with van der Waals surface area (Å²) in [6.45, 7) is 8.75. The Morgan fingerprint density at radius 2 is 1.81 bits per heavy atom. The Labute approximate surface area is 190 Å². The van der Waals surface area contributed by atoms with Gasteiger partial charge in [-0.05, 0) is 67.1 Å². The van der Waals surface area contributed by atoms with Crippen LogP contribution in [-0.2, 0) is 6.42 Å². The van der Waals surface area contributed by atoms with Gasteiger partial charge in [0.05, 0.1) is 30.3 Å². The lowest BCUT2D eigenvalue weighted by molar-refractivity contribution is 0.0727. The number of carbonyl (C=O) groups excluding carboxylic acids is 1. The molecule has 0 fully saturated rings. The number of aryl methyl sites for hydroxylation is 1. The smallest absolute Gasteiger partial charge is 0.344 e. The molecular weight excluding hydrogens is 400 g/mol. The van der Waals surface area contributed by atoms with E-state index in [0.29, 0.717) is 23.8 Å². The van der Waals surface area contributed by atoms with Gasteiger partial charge in [-0.1, -0.05) is 38.5 Å². The molecule has 1 heterocycles. The van der Waals surface area contributed by atoms with Crippen molar-refractivity contribution in [3.05, 3.63) is 84.7 Å². The quantitative estimate of drug-likeness (QED) is 0.203. The van der Waals surface area contributed by atoms with E-state index >= 15 is 0 Å². The number of allylic oxidation sites excluding steroid dienone is 1. The zero-order valence-corrected chi connectivity index (χ0v) is 18.8. The van der Waals surface area contributed by atoms with Crippen LogP contribution < -0.4 is 9.47 Å². The van der Waals surface area contributed by atoms with Crippen LogP contribution >= 0.6 is 0 Å². The van der Waals surface area contributed by atoms with Crippen LogP contribution in [0, 0.1) is 5.92 Å². The van der Waals surface area contributed by atoms with Gasteiger partial charge in [-0.15, -0.1) is 6.58 Å². The molecule has 0 saturated carbocycles. The molecule has 0 aliphatic heterocycles. The Morgan fingerprint density at radius 3 is 2.44 bits per heavy atom. The number of ether oxygens (including phenoxy) is 2. The van der Waals surface area contributed by atoms with Gasteiger partial charge in [-0.3, -0.25) is 0 Å². The molecular formula is C27H30N2O3. The molecule has 166 valence electrons. The predicted octanol–water partition coefficient (Wildman–Crippen LogP) is 6.30. The van der Waals surface area contributed by atoms with Crippen molar-refractivity contribution in [3.8, 4) is 22.9 Å². The number of benzene rings is 2. The van der Waals surface area contributed by atoms with E-state index in [4.69, 9.17) is 9.47 Å². The molecule has 0 radical (unpaired) electrons. The maximum atomic E-state index is 12.4. The summed E-state index contributed by atoms with van der Waals surface area (Å²) in [4.78, 5) is 21.0. The van der Waals surface area contributed by atoms with Crippen LogP contribution in [0.5, 0.6) is 11.6 Å². The molecule has 1 aromatic heterocycles. The van der Waals surface area contributed by atoms with Crippen molar-refractivity contribution in [2.24, 2.45) is 5.92 Å². The fourth-order valence-corrected chi connectivity index (χ4v) is 3.01. The molecule has 0 N–H and O–H groups in total. The van der Waals surface area contributed by atoms with E-state index in [1.165, 1.54) is 11.8 Å². The first-order valence-corrected chi connectivity index (χ1v) is 11.1. The molecule has 0 bridgehead atoms. The van der Waals surface area contributed by atoms with Crippen molar-refractivity contribution < 1.29 is 14.3 Å². The summed E-state index contributed by atoms with van der Waals surface area (Å²) in [7, 11) is 0. The highest BCUT2D eigenvalue weighted by Gasteiger charge is 2.11. The number of hydrogen-bond acceptors (Lipinski definition) is 5. The zero-order valence-electron chi connectivity index (χ0n) is 18.8. The number of unbranched alkanes of at least 4 members (excludes halogenated alkanes) is 1. The van der Waals surface area contributed by atoms with E-state index in [0.717, 1.165) is 37.0 Å². The molecule has 0 saturated heterocycles. The first-order chi connectivity index (χ1) is 15.6. The van der Waals surface area contributed by atoms with Crippen LogP contribution in [0.4, 0.5) is 0 Å². The third-order valence-corrected chi connectivity index (χ3v) is 5.27. The molecule has 2 aromatic carbocycles. The summed E-state index contributed by atoms with van der Waals surface area (Å²) < 4.78 is 11.2. The van der Waals surface area contributed by atoms with Gasteiger partial charge in [0.1, 0.15) is 5.75 Å². The lowest BCUT2D eigenvalue weighted by Gasteiger charge is -2.11. The van der Waals surface area contributed by atoms with Crippen LogP contribution in [-0.4, -0.2) is 22.5 Å². The van der Waals surface area contributed by atoms with E-state index in [2.05, 4.69) is 30.4 Å². The van der Waals surface area contributed by atoms with E-state index in [9.17, 15) is 4.79 Å². The third kappa shape index (κ3) is 6.77. The van der Waals surface area contributed by atoms with E-state index in [1.807, 2.05) is 42.5 Å². The number of rotatable bonds is 11. The number of carbonyl (C=O) groups is 1. The van der Waals surface area contributed by atoms with Crippen LogP contribution in [0.1, 0.15) is 49.0 Å². The Balaban J connectivity index is 1.56. The summed E-state index contributed by atoms with van der Waals surface area (Å²) >= 11 is 0. The minimum atomic E-state index is -0.451. The van der Waals surface area contributed by atoms with Crippen LogP contribution in [0.25, 0.3) is 11.3 Å². The predicted molar refractivity (Wildman–Crippen MR) is 127 cm³/mol. The monoisotopic (exact) mass is 430 g/mol. The van der Waals surface area contributed by atoms with Crippen LogP contribution in [0.15, 0.2) is 73.6 Å². The molecule has 1 atom stereocenters. The van der Waals surface area contributed by atoms with Gasteiger partial charge >= 0.3 is 5.97 Å². The second-order valence-corrected chi connectivity index (χ2v) is 7.86. The highest BCUT2D eigenvalue weighted by atomic mass is 16.5. The van der Waals surface area contributed by atoms with Gasteiger partial charge in [-0.25, -0.2) is 14.8 Å². The summed E-state index contributed by atoms with van der Waals surface area (Å²) in [5.74, 6) is 1.07. The molecule has 0 aliphatic rings. The lowest BCUT2D eigenvalue weighted by Crippen LogP contribution is -2.09. The van der Waals surface area contributed by atoms with Crippen molar-refractivity contribution in [3.63, 3.8) is 0 Å². The fourth-order valence-electron chi connectivity index (χ4n) is 3.01. The van der Waals surface area contributed by atoms with Gasteiger partial charge in [0.2, 0.25) is 5.88 Å². The lowest BCUT2D eigenvalue weighted by atomic mass is 10.1. The number of aromatic nitrogens is 2. The van der Waals surface area contributed by atoms with Gasteiger partial charge in [0.25, 0.3) is 0 Å². The van der Waals surface area contributed by atoms with Gasteiger partial charge in [0, 0.05) is 5.56 Å². The average molecular weight is 431 g/mol. The molecule has 3 rings (SSSR count). The molecule has 0 spiro atoms. The fraction of sp³-hybridized carbons (Fsp3) is 0.296. The van der Waals surface area contributed by atoms with Crippen LogP contribution in [0.2, 0.25) is 0 Å². The van der Waals surface area contributed by atoms with Crippen molar-refractivity contribution in [2.75, 3.05) is 6.61 Å². The van der Waals surface area contributed by atoms with E-state index in [-0.39, 0.29) is 5.88 Å². The van der Waals surface area contributed by atoms with Crippen molar-refractivity contribution in [1.82, 2.24) is 9.97 Å². The molecule has 0 amide bonds. The average Bonchev–Trinajstić information content (AvgIpc) is 2.84. The largest absolute Gasteiger partial charge is 0.493 e. The number of hydrogen-bond donors (Lipinski definition) is 0. The SMILES string of the molecule is C=CCCCc1ccc(C(=O)Oc2cnc(-c3ccc(OCC(C)CC)cc3)cn2)cc1. The normalized spacial score (nSPS) is 11.6. The zero-order chi connectivity index (χ0) is 22.8. The Morgan fingerprint density at radius 1 is 1.06 bits per heavy atom. The first-order valence-electron chi connectivity index (χ1n) is 11.1. The Bertz CT molecular complexity index is 997. The molecule has 5 heteroatoms. The van der Waals surface area contributed by atoms with Crippen molar-refractivity contribution in [2.45, 2.75) is 39.5 Å². The highest BCUT2D eigenvalue weighted by Crippen LogP contribution is 2.22. The van der Waals surface area contributed by atoms with Crippen LogP contribution in [0.3, 0.4) is 0 Å². The van der Waals surface area contributed by atoms with E-state index in [1.54, 1.807) is 18.3 Å². The summed E-state index contributed by atoms with van der Waals surface area (Å²) in [5, 5.41) is 0. The summed E-state index contributed by atoms with van der Waals surface area (Å²) in [5.41, 5.74) is 3.28. The molecule has 0 aliphatic carbocycles. The number of nitrogens with zero attached hydrogens (tertiary/aromatic N) is 2. The minimum Gasteiger partial charge on any atom is -0.493 e. The first kappa shape index (κ1) is 23.2. The third-order valence-electron chi connectivity index (χ3n) is 5.27. The molecule has 3 aromatic rings. The number of esters is 1. The van der Waals surface area contributed by atoms with Crippen molar-refractivity contribution in [1.29, 1.82) is 0 Å². The van der Waals surface area contributed by atoms with Gasteiger partial charge in [-0.2, -0.15) is 0 Å². The summed E-state index contributed by atoms with van der Waals surface area (Å²) in [6, 6.07) is 15.2. The molecule has 1 unspecified atom stereocenters. The van der Waals surface area contributed by atoms with Gasteiger partial charge < -0.3 is 9.47 Å². The van der Waals surface area contributed by atoms with Crippen molar-refractivity contribution >= 4 is 5.97 Å². The Hall–Kier alpha value is -3.47. The van der Waals surface area contributed by atoms with Gasteiger partial charge in [0.15, 0.2) is 0 Å². The second-order valence-electron chi connectivity index (χ2n) is 7.86. The topological polar surface area (TPSA) is 61.3 Å². The molecule has 32 heavy (non-hydrogen) atoms. The minimum absolute atomic E-state index is 0.169.